The van der Waals surface area contributed by atoms with Crippen molar-refractivity contribution in [2.24, 2.45) is 0 Å². The summed E-state index contributed by atoms with van der Waals surface area (Å²) in [6.07, 6.45) is 4.30. The SMILES string of the molecule is CCCCN(CCCC)c1ccc(C(=O)c2cccc(C(=O)O)c2)c(O)c1. The Hall–Kier alpha value is -2.82. The van der Waals surface area contributed by atoms with Crippen molar-refractivity contribution in [1.29, 1.82) is 0 Å². The van der Waals surface area contributed by atoms with Crippen molar-refractivity contribution >= 4 is 17.4 Å². The number of aromatic hydroxyl groups is 1. The molecule has 0 bridgehead atoms. The minimum atomic E-state index is -1.09. The minimum absolute atomic E-state index is 0.0438. The fraction of sp³-hybridized carbons (Fsp3) is 0.364. The van der Waals surface area contributed by atoms with E-state index in [1.165, 1.54) is 18.2 Å². The second-order valence-corrected chi connectivity index (χ2v) is 6.61. The maximum Gasteiger partial charge on any atom is 0.335 e. The van der Waals surface area contributed by atoms with Crippen molar-refractivity contribution in [3.63, 3.8) is 0 Å². The molecule has 0 fully saturated rings. The number of hydrogen-bond donors (Lipinski definition) is 2. The molecule has 27 heavy (non-hydrogen) atoms. The third kappa shape index (κ3) is 5.33. The van der Waals surface area contributed by atoms with Crippen molar-refractivity contribution in [1.82, 2.24) is 0 Å². The summed E-state index contributed by atoms with van der Waals surface area (Å²) in [5.74, 6) is -1.57. The van der Waals surface area contributed by atoms with Gasteiger partial charge in [0.15, 0.2) is 5.78 Å². The number of carboxylic acid groups (broad SMARTS) is 1. The molecule has 0 atom stereocenters. The van der Waals surface area contributed by atoms with Gasteiger partial charge in [0.1, 0.15) is 5.75 Å². The van der Waals surface area contributed by atoms with Gasteiger partial charge in [-0.3, -0.25) is 4.79 Å². The first kappa shape index (κ1) is 20.5. The van der Waals surface area contributed by atoms with Gasteiger partial charge in [-0.05, 0) is 37.1 Å². The Morgan fingerprint density at radius 2 is 1.56 bits per heavy atom. The van der Waals surface area contributed by atoms with Crippen LogP contribution in [0.5, 0.6) is 5.75 Å². The van der Waals surface area contributed by atoms with E-state index < -0.39 is 11.8 Å². The number of unbranched alkanes of at least 4 members (excludes halogenated alkanes) is 2. The summed E-state index contributed by atoms with van der Waals surface area (Å²) in [5.41, 5.74) is 1.35. The highest BCUT2D eigenvalue weighted by atomic mass is 16.4. The second kappa shape index (κ2) is 9.76. The van der Waals surface area contributed by atoms with Crippen LogP contribution in [0.4, 0.5) is 5.69 Å². The maximum absolute atomic E-state index is 12.7. The van der Waals surface area contributed by atoms with E-state index in [0.717, 1.165) is 44.5 Å². The Morgan fingerprint density at radius 3 is 2.11 bits per heavy atom. The van der Waals surface area contributed by atoms with Gasteiger partial charge in [0.25, 0.3) is 0 Å². The zero-order valence-corrected chi connectivity index (χ0v) is 15.9. The van der Waals surface area contributed by atoms with Gasteiger partial charge in [-0.15, -0.1) is 0 Å². The van der Waals surface area contributed by atoms with E-state index in [1.807, 2.05) is 6.07 Å². The van der Waals surface area contributed by atoms with Crippen LogP contribution in [0.15, 0.2) is 42.5 Å². The standard InChI is InChI=1S/C22H27NO4/c1-3-5-12-23(13-6-4-2)18-10-11-19(20(24)15-18)21(25)16-8-7-9-17(14-16)22(26)27/h7-11,14-15,24H,3-6,12-13H2,1-2H3,(H,26,27). The summed E-state index contributed by atoms with van der Waals surface area (Å²) in [6.45, 7) is 6.10. The number of carbonyl (C=O) groups is 2. The van der Waals surface area contributed by atoms with Crippen LogP contribution in [0, 0.1) is 0 Å². The lowest BCUT2D eigenvalue weighted by atomic mass is 10.00. The van der Waals surface area contributed by atoms with Gasteiger partial charge < -0.3 is 15.1 Å². The van der Waals surface area contributed by atoms with Crippen LogP contribution >= 0.6 is 0 Å². The monoisotopic (exact) mass is 369 g/mol. The predicted octanol–water partition coefficient (Wildman–Crippen LogP) is 4.73. The van der Waals surface area contributed by atoms with Crippen LogP contribution in [0.1, 0.15) is 65.8 Å². The van der Waals surface area contributed by atoms with Crippen molar-refractivity contribution in [2.45, 2.75) is 39.5 Å². The summed E-state index contributed by atoms with van der Waals surface area (Å²) in [4.78, 5) is 26.0. The van der Waals surface area contributed by atoms with Gasteiger partial charge in [-0.2, -0.15) is 0 Å². The lowest BCUT2D eigenvalue weighted by molar-refractivity contribution is 0.0697. The highest BCUT2D eigenvalue weighted by Crippen LogP contribution is 2.27. The Labute approximate surface area is 160 Å². The van der Waals surface area contributed by atoms with Crippen molar-refractivity contribution in [3.8, 4) is 5.75 Å². The molecule has 0 aliphatic rings. The maximum atomic E-state index is 12.7. The van der Waals surface area contributed by atoms with E-state index in [-0.39, 0.29) is 22.4 Å². The summed E-state index contributed by atoms with van der Waals surface area (Å²) in [7, 11) is 0. The number of phenolic OH excluding ortho intramolecular Hbond substituents is 1. The first-order valence-electron chi connectivity index (χ1n) is 9.44. The average molecular weight is 369 g/mol. The van der Waals surface area contributed by atoms with Gasteiger partial charge in [-0.1, -0.05) is 38.8 Å². The van der Waals surface area contributed by atoms with Gasteiger partial charge >= 0.3 is 5.97 Å². The van der Waals surface area contributed by atoms with Gasteiger partial charge in [0.05, 0.1) is 11.1 Å². The van der Waals surface area contributed by atoms with Gasteiger partial charge in [-0.25, -0.2) is 4.79 Å². The number of carbonyl (C=O) groups excluding carboxylic acids is 1. The molecule has 0 saturated heterocycles. The van der Waals surface area contributed by atoms with Gasteiger partial charge in [0.2, 0.25) is 0 Å². The molecule has 0 spiro atoms. The van der Waals surface area contributed by atoms with Crippen LogP contribution < -0.4 is 4.90 Å². The second-order valence-electron chi connectivity index (χ2n) is 6.61. The molecular formula is C22H27NO4. The van der Waals surface area contributed by atoms with E-state index in [2.05, 4.69) is 18.7 Å². The molecule has 5 nitrogen and oxygen atoms in total. The highest BCUT2D eigenvalue weighted by Gasteiger charge is 2.17. The molecule has 2 rings (SSSR count). The molecule has 0 aliphatic heterocycles. The molecule has 0 heterocycles. The van der Waals surface area contributed by atoms with Crippen LogP contribution in [0.3, 0.4) is 0 Å². The molecule has 5 heteroatoms. The number of nitrogens with zero attached hydrogens (tertiary/aromatic N) is 1. The van der Waals surface area contributed by atoms with Crippen molar-refractivity contribution < 1.29 is 19.8 Å². The Bertz CT molecular complexity index is 793. The number of aromatic carboxylic acids is 1. The molecule has 2 N–H and O–H groups in total. The number of ketones is 1. The number of phenols is 1. The summed E-state index contributed by atoms with van der Waals surface area (Å²) >= 11 is 0. The van der Waals surface area contributed by atoms with E-state index in [4.69, 9.17) is 5.11 Å². The Morgan fingerprint density at radius 1 is 0.926 bits per heavy atom. The summed E-state index contributed by atoms with van der Waals surface area (Å²) in [6, 6.07) is 10.9. The van der Waals surface area contributed by atoms with Gasteiger partial charge in [0, 0.05) is 30.4 Å². The Kier molecular flexibility index (Phi) is 7.41. The first-order valence-corrected chi connectivity index (χ1v) is 9.44. The number of anilines is 1. The third-order valence-corrected chi connectivity index (χ3v) is 4.53. The van der Waals surface area contributed by atoms with Crippen molar-refractivity contribution in [2.75, 3.05) is 18.0 Å². The molecule has 0 radical (unpaired) electrons. The zero-order valence-electron chi connectivity index (χ0n) is 15.9. The van der Waals surface area contributed by atoms with Crippen LogP contribution in [0.25, 0.3) is 0 Å². The minimum Gasteiger partial charge on any atom is -0.507 e. The molecule has 0 amide bonds. The lowest BCUT2D eigenvalue weighted by Gasteiger charge is -2.25. The normalized spacial score (nSPS) is 10.6. The largest absolute Gasteiger partial charge is 0.507 e. The first-order chi connectivity index (χ1) is 13.0. The van der Waals surface area contributed by atoms with Crippen LogP contribution in [-0.2, 0) is 0 Å². The fourth-order valence-corrected chi connectivity index (χ4v) is 2.93. The quantitative estimate of drug-likeness (QED) is 0.592. The molecule has 0 aliphatic carbocycles. The number of hydrogen-bond acceptors (Lipinski definition) is 4. The van der Waals surface area contributed by atoms with Crippen molar-refractivity contribution in [3.05, 3.63) is 59.2 Å². The average Bonchev–Trinajstić information content (AvgIpc) is 2.67. The topological polar surface area (TPSA) is 77.8 Å². The highest BCUT2D eigenvalue weighted by molar-refractivity contribution is 6.11. The number of rotatable bonds is 10. The molecule has 0 unspecified atom stereocenters. The molecule has 2 aromatic rings. The predicted molar refractivity (Wildman–Crippen MR) is 107 cm³/mol. The summed E-state index contributed by atoms with van der Waals surface area (Å²) in [5, 5.41) is 19.5. The number of carboxylic acids is 1. The molecular weight excluding hydrogens is 342 g/mol. The van der Waals surface area contributed by atoms with E-state index in [9.17, 15) is 14.7 Å². The van der Waals surface area contributed by atoms with E-state index in [1.54, 1.807) is 18.2 Å². The third-order valence-electron chi connectivity index (χ3n) is 4.53. The molecule has 0 aromatic heterocycles. The molecule has 144 valence electrons. The smallest absolute Gasteiger partial charge is 0.335 e. The van der Waals surface area contributed by atoms with E-state index >= 15 is 0 Å². The van der Waals surface area contributed by atoms with E-state index in [0.29, 0.717) is 0 Å². The molecule has 0 saturated carbocycles. The summed E-state index contributed by atoms with van der Waals surface area (Å²) < 4.78 is 0. The Balaban J connectivity index is 2.27. The zero-order chi connectivity index (χ0) is 19.8. The molecule has 2 aromatic carbocycles. The fourth-order valence-electron chi connectivity index (χ4n) is 2.93. The van der Waals surface area contributed by atoms with Crippen LogP contribution in [-0.4, -0.2) is 35.1 Å². The number of benzene rings is 2. The van der Waals surface area contributed by atoms with Crippen LogP contribution in [0.2, 0.25) is 0 Å². The lowest BCUT2D eigenvalue weighted by Crippen LogP contribution is -2.25.